The summed E-state index contributed by atoms with van der Waals surface area (Å²) in [5.41, 5.74) is -0.112. The van der Waals surface area contributed by atoms with Gasteiger partial charge < -0.3 is 9.52 Å². The van der Waals surface area contributed by atoms with E-state index in [4.69, 9.17) is 9.52 Å². The summed E-state index contributed by atoms with van der Waals surface area (Å²) < 4.78 is 31.5. The van der Waals surface area contributed by atoms with Crippen LogP contribution in [0.2, 0.25) is 0 Å². The molecule has 1 fully saturated rings. The van der Waals surface area contributed by atoms with Crippen molar-refractivity contribution in [1.82, 2.24) is 4.31 Å². The third kappa shape index (κ3) is 2.59. The van der Waals surface area contributed by atoms with Gasteiger partial charge in [-0.3, -0.25) is 0 Å². The monoisotopic (exact) mass is 309 g/mol. The molecule has 112 valence electrons. The van der Waals surface area contributed by atoms with Crippen LogP contribution < -0.4 is 5.63 Å². The fraction of sp³-hybridized carbons (Fsp3) is 0.357. The number of benzene rings is 1. The van der Waals surface area contributed by atoms with Gasteiger partial charge in [-0.05, 0) is 36.6 Å². The van der Waals surface area contributed by atoms with Gasteiger partial charge >= 0.3 is 5.63 Å². The highest BCUT2D eigenvalue weighted by atomic mass is 32.2. The van der Waals surface area contributed by atoms with Crippen molar-refractivity contribution in [1.29, 1.82) is 0 Å². The maximum Gasteiger partial charge on any atom is 0.336 e. The Morgan fingerprint density at radius 3 is 2.81 bits per heavy atom. The van der Waals surface area contributed by atoms with Crippen LogP contribution in [0.5, 0.6) is 0 Å². The van der Waals surface area contributed by atoms with Crippen LogP contribution in [0, 0.1) is 5.92 Å². The topological polar surface area (TPSA) is 87.8 Å². The molecule has 3 rings (SSSR count). The molecule has 0 amide bonds. The maximum atomic E-state index is 12.6. The van der Waals surface area contributed by atoms with Crippen LogP contribution in [0.1, 0.15) is 6.42 Å². The SMILES string of the molecule is O=c1ccc2cc(S(=O)(=O)N3CCC(CO)C3)ccc2o1. The summed E-state index contributed by atoms with van der Waals surface area (Å²) >= 11 is 0. The van der Waals surface area contributed by atoms with Crippen LogP contribution in [0.4, 0.5) is 0 Å². The van der Waals surface area contributed by atoms with Crippen LogP contribution in [-0.2, 0) is 10.0 Å². The molecule has 0 spiro atoms. The van der Waals surface area contributed by atoms with Crippen molar-refractivity contribution < 1.29 is 17.9 Å². The number of fused-ring (bicyclic) bond motifs is 1. The Morgan fingerprint density at radius 2 is 2.10 bits per heavy atom. The number of rotatable bonds is 3. The molecule has 6 nitrogen and oxygen atoms in total. The number of aliphatic hydroxyl groups is 1. The van der Waals surface area contributed by atoms with Gasteiger partial charge in [-0.25, -0.2) is 13.2 Å². The summed E-state index contributed by atoms with van der Waals surface area (Å²) in [6, 6.07) is 7.23. The average molecular weight is 309 g/mol. The van der Waals surface area contributed by atoms with Gasteiger partial charge in [0.15, 0.2) is 0 Å². The zero-order chi connectivity index (χ0) is 15.0. The van der Waals surface area contributed by atoms with E-state index in [9.17, 15) is 13.2 Å². The first-order valence-corrected chi connectivity index (χ1v) is 8.09. The summed E-state index contributed by atoms with van der Waals surface area (Å²) in [7, 11) is -3.58. The standard InChI is InChI=1S/C14H15NO5S/c16-9-10-5-6-15(8-10)21(18,19)12-2-3-13-11(7-12)1-4-14(17)20-13/h1-4,7,10,16H,5-6,8-9H2. The maximum absolute atomic E-state index is 12.6. The molecule has 0 saturated carbocycles. The van der Waals surface area contributed by atoms with E-state index in [0.29, 0.717) is 30.5 Å². The van der Waals surface area contributed by atoms with Crippen molar-refractivity contribution in [2.75, 3.05) is 19.7 Å². The fourth-order valence-electron chi connectivity index (χ4n) is 2.52. The summed E-state index contributed by atoms with van der Waals surface area (Å²) in [5, 5.41) is 9.69. The van der Waals surface area contributed by atoms with E-state index >= 15 is 0 Å². The second-order valence-electron chi connectivity index (χ2n) is 5.15. The fourth-order valence-corrected chi connectivity index (χ4v) is 4.09. The Labute approximate surface area is 121 Å². The second-order valence-corrected chi connectivity index (χ2v) is 7.09. The Kier molecular flexibility index (Phi) is 3.56. The molecule has 1 atom stereocenters. The van der Waals surface area contributed by atoms with Crippen molar-refractivity contribution in [2.24, 2.45) is 5.92 Å². The minimum Gasteiger partial charge on any atom is -0.423 e. The molecule has 1 aromatic carbocycles. The van der Waals surface area contributed by atoms with Crippen molar-refractivity contribution >= 4 is 21.0 Å². The van der Waals surface area contributed by atoms with Gasteiger partial charge in [-0.1, -0.05) is 0 Å². The van der Waals surface area contributed by atoms with Crippen molar-refractivity contribution in [2.45, 2.75) is 11.3 Å². The minimum absolute atomic E-state index is 0.00162. The van der Waals surface area contributed by atoms with Crippen molar-refractivity contribution in [3.63, 3.8) is 0 Å². The molecule has 7 heteroatoms. The van der Waals surface area contributed by atoms with Crippen molar-refractivity contribution in [3.05, 3.63) is 40.8 Å². The molecule has 0 radical (unpaired) electrons. The van der Waals surface area contributed by atoms with Crippen LogP contribution in [0.3, 0.4) is 0 Å². The van der Waals surface area contributed by atoms with E-state index in [0.717, 1.165) is 0 Å². The molecular formula is C14H15NO5S. The third-order valence-corrected chi connectivity index (χ3v) is 5.60. The molecule has 0 bridgehead atoms. The number of nitrogens with zero attached hydrogens (tertiary/aromatic N) is 1. The predicted octanol–water partition coefficient (Wildman–Crippen LogP) is 0.796. The Bertz CT molecular complexity index is 827. The molecule has 1 unspecified atom stereocenters. The third-order valence-electron chi connectivity index (χ3n) is 3.74. The lowest BCUT2D eigenvalue weighted by molar-refractivity contribution is 0.233. The Morgan fingerprint density at radius 1 is 1.29 bits per heavy atom. The Hall–Kier alpha value is -1.70. The van der Waals surface area contributed by atoms with Crippen LogP contribution in [0.25, 0.3) is 11.0 Å². The van der Waals surface area contributed by atoms with Gasteiger partial charge in [-0.15, -0.1) is 0 Å². The van der Waals surface area contributed by atoms with Gasteiger partial charge in [0, 0.05) is 31.1 Å². The molecule has 1 aliphatic rings. The van der Waals surface area contributed by atoms with E-state index in [1.807, 2.05) is 0 Å². The van der Waals surface area contributed by atoms with Crippen LogP contribution in [0.15, 0.2) is 44.4 Å². The molecule has 2 heterocycles. The zero-order valence-electron chi connectivity index (χ0n) is 11.2. The summed E-state index contributed by atoms with van der Waals surface area (Å²) in [6.45, 7) is 0.741. The number of hydrogen-bond donors (Lipinski definition) is 1. The molecule has 2 aromatic rings. The predicted molar refractivity (Wildman–Crippen MR) is 76.4 cm³/mol. The number of aliphatic hydroxyl groups excluding tert-OH is 1. The largest absolute Gasteiger partial charge is 0.423 e. The lowest BCUT2D eigenvalue weighted by atomic mass is 10.1. The minimum atomic E-state index is -3.58. The lowest BCUT2D eigenvalue weighted by Crippen LogP contribution is -2.29. The molecule has 1 N–H and O–H groups in total. The Balaban J connectivity index is 1.99. The highest BCUT2D eigenvalue weighted by Crippen LogP contribution is 2.26. The highest BCUT2D eigenvalue weighted by Gasteiger charge is 2.32. The lowest BCUT2D eigenvalue weighted by Gasteiger charge is -2.16. The summed E-state index contributed by atoms with van der Waals surface area (Å²) in [4.78, 5) is 11.3. The van der Waals surface area contributed by atoms with E-state index in [2.05, 4.69) is 0 Å². The normalized spacial score (nSPS) is 20.1. The van der Waals surface area contributed by atoms with Gasteiger partial charge in [0.2, 0.25) is 10.0 Å². The van der Waals surface area contributed by atoms with E-state index in [-0.39, 0.29) is 17.4 Å². The van der Waals surface area contributed by atoms with E-state index < -0.39 is 15.6 Å². The molecule has 1 aliphatic heterocycles. The number of hydrogen-bond acceptors (Lipinski definition) is 5. The average Bonchev–Trinajstić information content (AvgIpc) is 2.96. The molecule has 0 aliphatic carbocycles. The molecule has 1 saturated heterocycles. The van der Waals surface area contributed by atoms with E-state index in [1.165, 1.54) is 28.6 Å². The second kappa shape index (κ2) is 5.25. The van der Waals surface area contributed by atoms with Crippen molar-refractivity contribution in [3.8, 4) is 0 Å². The quantitative estimate of drug-likeness (QED) is 0.847. The molecule has 1 aromatic heterocycles. The van der Waals surface area contributed by atoms with Gasteiger partial charge in [0.1, 0.15) is 5.58 Å². The first-order chi connectivity index (χ1) is 10.0. The summed E-state index contributed by atoms with van der Waals surface area (Å²) in [5.74, 6) is -0.00162. The first-order valence-electron chi connectivity index (χ1n) is 6.65. The highest BCUT2D eigenvalue weighted by molar-refractivity contribution is 7.89. The van der Waals surface area contributed by atoms with Gasteiger partial charge in [-0.2, -0.15) is 4.31 Å². The van der Waals surface area contributed by atoms with Crippen LogP contribution in [-0.4, -0.2) is 37.5 Å². The number of sulfonamides is 1. The molecule has 21 heavy (non-hydrogen) atoms. The van der Waals surface area contributed by atoms with Gasteiger partial charge in [0.05, 0.1) is 4.90 Å². The van der Waals surface area contributed by atoms with Gasteiger partial charge in [0.25, 0.3) is 0 Å². The smallest absolute Gasteiger partial charge is 0.336 e. The zero-order valence-corrected chi connectivity index (χ0v) is 12.0. The van der Waals surface area contributed by atoms with E-state index in [1.54, 1.807) is 6.07 Å². The van der Waals surface area contributed by atoms with Crippen LogP contribution >= 0.6 is 0 Å². The first kappa shape index (κ1) is 14.2. The summed E-state index contributed by atoms with van der Waals surface area (Å²) in [6.07, 6.45) is 0.665. The molecular weight excluding hydrogens is 294 g/mol.